The Hall–Kier alpha value is -8.02. The van der Waals surface area contributed by atoms with Crippen LogP contribution in [0.5, 0.6) is 17.2 Å². The van der Waals surface area contributed by atoms with Crippen LogP contribution >= 0.6 is 0 Å². The van der Waals surface area contributed by atoms with Gasteiger partial charge in [-0.3, -0.25) is 20.2 Å². The third-order valence-corrected chi connectivity index (χ3v) is 12.1. The van der Waals surface area contributed by atoms with Crippen LogP contribution < -0.4 is 19.1 Å². The molecule has 0 saturated carbocycles. The van der Waals surface area contributed by atoms with Crippen molar-refractivity contribution >= 4 is 72.0 Å². The predicted molar refractivity (Wildman–Crippen MR) is 275 cm³/mol. The standard InChI is InChI=1S/C55H53N5O11/c1-4-66-26-28-68-30-32-70-46-18-8-39(9-19-46)57-52-22-12-41(34-48(52)50-36-43(59(61)62)14-24-54(50)57)56(38-6-16-45(65-3)17-7-38)42-13-23-53-49(35-42)51-37-44(60(63)64)15-25-55(51)58(53)40-10-20-47(21-11-40)71-33-31-69-29-27-67-5-2/h6-25,34-37H,4-5,26-33H2,1-3H3. The van der Waals surface area contributed by atoms with Gasteiger partial charge in [0.2, 0.25) is 0 Å². The van der Waals surface area contributed by atoms with Crippen LogP contribution in [-0.4, -0.2) is 92.2 Å². The van der Waals surface area contributed by atoms with Crippen LogP contribution in [-0.2, 0) is 18.9 Å². The highest BCUT2D eigenvalue weighted by atomic mass is 16.6. The zero-order chi connectivity index (χ0) is 49.3. The maximum atomic E-state index is 12.2. The van der Waals surface area contributed by atoms with Crippen molar-refractivity contribution in [1.82, 2.24) is 9.13 Å². The van der Waals surface area contributed by atoms with E-state index in [1.807, 2.05) is 123 Å². The van der Waals surface area contributed by atoms with Gasteiger partial charge in [0.05, 0.1) is 78.7 Å². The number of benzene rings is 7. The van der Waals surface area contributed by atoms with Crippen LogP contribution in [0.15, 0.2) is 146 Å². The summed E-state index contributed by atoms with van der Waals surface area (Å²) in [4.78, 5) is 25.8. The molecule has 0 atom stereocenters. The smallest absolute Gasteiger partial charge is 0.270 e. The average molecular weight is 960 g/mol. The zero-order valence-corrected chi connectivity index (χ0v) is 39.7. The Morgan fingerprint density at radius 1 is 0.423 bits per heavy atom. The van der Waals surface area contributed by atoms with E-state index in [4.69, 9.17) is 33.2 Å². The highest BCUT2D eigenvalue weighted by molar-refractivity contribution is 6.13. The first-order valence-corrected chi connectivity index (χ1v) is 23.4. The first-order valence-electron chi connectivity index (χ1n) is 23.4. The second kappa shape index (κ2) is 22.2. The Kier molecular flexibility index (Phi) is 15.0. The van der Waals surface area contributed by atoms with Gasteiger partial charge >= 0.3 is 0 Å². The molecule has 0 amide bonds. The molecule has 7 aromatic carbocycles. The molecule has 9 rings (SSSR count). The highest BCUT2D eigenvalue weighted by Crippen LogP contribution is 2.44. The average Bonchev–Trinajstić information content (AvgIpc) is 3.90. The van der Waals surface area contributed by atoms with Gasteiger partial charge in [-0.05, 0) is 135 Å². The molecule has 0 N–H and O–H groups in total. The minimum atomic E-state index is -0.385. The van der Waals surface area contributed by atoms with Gasteiger partial charge in [0.15, 0.2) is 0 Å². The third-order valence-electron chi connectivity index (χ3n) is 12.1. The number of nitrogens with zero attached hydrogens (tertiary/aromatic N) is 5. The van der Waals surface area contributed by atoms with E-state index in [0.717, 1.165) is 61.3 Å². The summed E-state index contributed by atoms with van der Waals surface area (Å²) in [5.74, 6) is 2.04. The van der Waals surface area contributed by atoms with E-state index >= 15 is 0 Å². The summed E-state index contributed by atoms with van der Waals surface area (Å²) in [7, 11) is 1.61. The molecule has 16 nitrogen and oxygen atoms in total. The number of methoxy groups -OCH3 is 1. The number of anilines is 3. The van der Waals surface area contributed by atoms with Crippen molar-refractivity contribution in [3.05, 3.63) is 166 Å². The van der Waals surface area contributed by atoms with E-state index in [0.29, 0.717) is 94.1 Å². The Bertz CT molecular complexity index is 3100. The van der Waals surface area contributed by atoms with Crippen molar-refractivity contribution in [3.8, 4) is 28.6 Å². The number of aromatic nitrogens is 2. The van der Waals surface area contributed by atoms with Crippen molar-refractivity contribution < 1.29 is 43.0 Å². The largest absolute Gasteiger partial charge is 0.497 e. The number of nitro groups is 2. The molecule has 0 spiro atoms. The molecule has 16 heteroatoms. The maximum Gasteiger partial charge on any atom is 0.270 e. The summed E-state index contributed by atoms with van der Waals surface area (Å²) in [6.45, 7) is 8.84. The van der Waals surface area contributed by atoms with E-state index in [-0.39, 0.29) is 21.2 Å². The second-order valence-corrected chi connectivity index (χ2v) is 16.3. The summed E-state index contributed by atoms with van der Waals surface area (Å²) in [6, 6.07) is 45.1. The van der Waals surface area contributed by atoms with Gasteiger partial charge in [-0.15, -0.1) is 0 Å². The van der Waals surface area contributed by atoms with Gasteiger partial charge in [-0.1, -0.05) is 0 Å². The first kappa shape index (κ1) is 48.0. The van der Waals surface area contributed by atoms with Crippen molar-refractivity contribution in [3.63, 3.8) is 0 Å². The minimum absolute atomic E-state index is 0.0297. The fraction of sp³-hybridized carbons (Fsp3) is 0.236. The molecule has 364 valence electrons. The van der Waals surface area contributed by atoms with Crippen molar-refractivity contribution in [1.29, 1.82) is 0 Å². The van der Waals surface area contributed by atoms with Crippen LogP contribution in [0.25, 0.3) is 55.0 Å². The summed E-state index contributed by atoms with van der Waals surface area (Å²) >= 11 is 0. The van der Waals surface area contributed by atoms with Crippen LogP contribution in [0.1, 0.15) is 13.8 Å². The molecule has 2 aromatic heterocycles. The molecule has 2 heterocycles. The monoisotopic (exact) mass is 959 g/mol. The number of rotatable bonds is 24. The topological polar surface area (TPSA) is 164 Å². The van der Waals surface area contributed by atoms with E-state index in [9.17, 15) is 20.2 Å². The fourth-order valence-corrected chi connectivity index (χ4v) is 8.79. The maximum absolute atomic E-state index is 12.2. The SMILES string of the molecule is CCOCCOCCOc1ccc(-n2c3ccc(N(c4ccc(OC)cc4)c4ccc5c(c4)c4cc([N+](=O)[O-])ccc4n5-c4ccc(OCCOCCOCC)cc4)cc3c3cc([N+](=O)[O-])ccc32)cc1. The normalized spacial score (nSPS) is 11.5. The van der Waals surface area contributed by atoms with Crippen LogP contribution in [0, 0.1) is 20.2 Å². The van der Waals surface area contributed by atoms with Gasteiger partial charge in [-0.25, -0.2) is 0 Å². The van der Waals surface area contributed by atoms with E-state index in [2.05, 4.69) is 14.0 Å². The van der Waals surface area contributed by atoms with Crippen LogP contribution in [0.2, 0.25) is 0 Å². The molecule has 0 aliphatic carbocycles. The number of hydrogen-bond donors (Lipinski definition) is 0. The van der Waals surface area contributed by atoms with Crippen LogP contribution in [0.4, 0.5) is 28.4 Å². The molecule has 0 aliphatic rings. The van der Waals surface area contributed by atoms with Gasteiger partial charge < -0.3 is 47.2 Å². The van der Waals surface area contributed by atoms with Crippen molar-refractivity contribution in [2.45, 2.75) is 13.8 Å². The van der Waals surface area contributed by atoms with Crippen molar-refractivity contribution in [2.24, 2.45) is 0 Å². The Balaban J connectivity index is 1.11. The lowest BCUT2D eigenvalue weighted by molar-refractivity contribution is -0.384. The fourth-order valence-electron chi connectivity index (χ4n) is 8.79. The van der Waals surface area contributed by atoms with Crippen molar-refractivity contribution in [2.75, 3.05) is 78.1 Å². The molecule has 0 bridgehead atoms. The van der Waals surface area contributed by atoms with E-state index < -0.39 is 0 Å². The summed E-state index contributed by atoms with van der Waals surface area (Å²) in [6.07, 6.45) is 0. The molecule has 0 fully saturated rings. The zero-order valence-electron chi connectivity index (χ0n) is 39.7. The van der Waals surface area contributed by atoms with Gasteiger partial charge in [0.25, 0.3) is 11.4 Å². The van der Waals surface area contributed by atoms with Gasteiger partial charge in [-0.2, -0.15) is 0 Å². The van der Waals surface area contributed by atoms with Gasteiger partial charge in [0, 0.05) is 87.5 Å². The number of hydrogen-bond acceptors (Lipinski definition) is 12. The van der Waals surface area contributed by atoms with Gasteiger partial charge in [0.1, 0.15) is 30.5 Å². The molecular weight excluding hydrogens is 907 g/mol. The second-order valence-electron chi connectivity index (χ2n) is 16.3. The summed E-state index contributed by atoms with van der Waals surface area (Å²) in [5, 5.41) is 27.4. The Morgan fingerprint density at radius 3 is 1.17 bits per heavy atom. The molecule has 0 saturated heterocycles. The molecule has 0 aliphatic heterocycles. The molecule has 0 radical (unpaired) electrons. The number of fused-ring (bicyclic) bond motifs is 6. The lowest BCUT2D eigenvalue weighted by Gasteiger charge is -2.26. The molecule has 0 unspecified atom stereocenters. The predicted octanol–water partition coefficient (Wildman–Crippen LogP) is 12.0. The number of non-ortho nitro benzene ring substituents is 2. The third kappa shape index (κ3) is 10.5. The van der Waals surface area contributed by atoms with Crippen LogP contribution in [0.3, 0.4) is 0 Å². The highest BCUT2D eigenvalue weighted by Gasteiger charge is 2.22. The molecule has 9 aromatic rings. The molecule has 71 heavy (non-hydrogen) atoms. The number of nitro benzene ring substituents is 2. The summed E-state index contributed by atoms with van der Waals surface area (Å²) in [5.41, 5.74) is 7.21. The Labute approximate surface area is 409 Å². The van der Waals surface area contributed by atoms with E-state index in [1.165, 1.54) is 12.1 Å². The lowest BCUT2D eigenvalue weighted by Crippen LogP contribution is -2.10. The lowest BCUT2D eigenvalue weighted by atomic mass is 10.1. The quantitative estimate of drug-likeness (QED) is 0.0320. The first-order chi connectivity index (χ1) is 34.8. The minimum Gasteiger partial charge on any atom is -0.497 e. The Morgan fingerprint density at radius 2 is 0.775 bits per heavy atom. The number of ether oxygens (including phenoxy) is 7. The van der Waals surface area contributed by atoms with E-state index in [1.54, 1.807) is 31.4 Å². The summed E-state index contributed by atoms with van der Waals surface area (Å²) < 4.78 is 43.5. The molecular formula is C55H53N5O11.